The number of carbonyl (C=O) groups excluding carboxylic acids is 2. The van der Waals surface area contributed by atoms with E-state index >= 15 is 0 Å². The molecule has 0 saturated carbocycles. The zero-order valence-corrected chi connectivity index (χ0v) is 20.5. The van der Waals surface area contributed by atoms with Gasteiger partial charge in [-0.25, -0.2) is 0 Å². The van der Waals surface area contributed by atoms with Gasteiger partial charge in [-0.1, -0.05) is 23.7 Å². The summed E-state index contributed by atoms with van der Waals surface area (Å²) in [5.41, 5.74) is 2.26. The number of hydrogen-bond donors (Lipinski definition) is 1. The summed E-state index contributed by atoms with van der Waals surface area (Å²) in [6.45, 7) is 6.31. The zero-order chi connectivity index (χ0) is 24.5. The van der Waals surface area contributed by atoms with Crippen LogP contribution >= 0.6 is 11.6 Å². The quantitative estimate of drug-likeness (QED) is 0.372. The molecule has 2 aromatic carbocycles. The molecule has 5 rings (SSSR count). The van der Waals surface area contributed by atoms with Crippen LogP contribution < -0.4 is 4.74 Å². The van der Waals surface area contributed by atoms with Gasteiger partial charge in [0.2, 0.25) is 0 Å². The molecule has 0 aliphatic carbocycles. The Morgan fingerprint density at radius 3 is 2.69 bits per heavy atom. The predicted octanol–water partition coefficient (Wildman–Crippen LogP) is 3.81. The Bertz CT molecular complexity index is 1170. The third-order valence-corrected chi connectivity index (χ3v) is 7.09. The van der Waals surface area contributed by atoms with Gasteiger partial charge in [0, 0.05) is 43.2 Å². The van der Waals surface area contributed by atoms with Gasteiger partial charge in [-0.3, -0.25) is 14.5 Å². The molecular formula is C27H29ClN2O5. The van der Waals surface area contributed by atoms with Crippen molar-refractivity contribution in [2.45, 2.75) is 31.9 Å². The van der Waals surface area contributed by atoms with Crippen LogP contribution in [0.1, 0.15) is 36.1 Å². The predicted molar refractivity (Wildman–Crippen MR) is 133 cm³/mol. The number of carbonyl (C=O) groups is 2. The highest BCUT2D eigenvalue weighted by Crippen LogP contribution is 2.41. The van der Waals surface area contributed by atoms with Gasteiger partial charge >= 0.3 is 0 Å². The van der Waals surface area contributed by atoms with Crippen molar-refractivity contribution in [3.8, 4) is 5.75 Å². The lowest BCUT2D eigenvalue weighted by atomic mass is 9.94. The van der Waals surface area contributed by atoms with E-state index in [9.17, 15) is 14.7 Å². The molecule has 3 aliphatic rings. The van der Waals surface area contributed by atoms with Gasteiger partial charge in [-0.05, 0) is 54.8 Å². The van der Waals surface area contributed by atoms with Gasteiger partial charge in [0.25, 0.3) is 11.7 Å². The van der Waals surface area contributed by atoms with Gasteiger partial charge in [0.05, 0.1) is 24.8 Å². The number of Topliss-reactive ketones (excluding diaryl/α,β-unsaturated/α-hetero) is 1. The Kier molecular flexibility index (Phi) is 6.82. The van der Waals surface area contributed by atoms with Crippen molar-refractivity contribution in [3.63, 3.8) is 0 Å². The molecule has 35 heavy (non-hydrogen) atoms. The lowest BCUT2D eigenvalue weighted by Crippen LogP contribution is -2.38. The number of ether oxygens (including phenoxy) is 2. The molecule has 3 heterocycles. The van der Waals surface area contributed by atoms with E-state index in [2.05, 4.69) is 4.90 Å². The molecule has 2 aromatic rings. The van der Waals surface area contributed by atoms with Crippen LogP contribution in [0.25, 0.3) is 5.76 Å². The second kappa shape index (κ2) is 10.0. The number of morpholine rings is 1. The molecule has 8 heteroatoms. The molecule has 0 spiro atoms. The highest BCUT2D eigenvalue weighted by Gasteiger charge is 2.46. The summed E-state index contributed by atoms with van der Waals surface area (Å²) in [5, 5.41) is 11.8. The van der Waals surface area contributed by atoms with Crippen molar-refractivity contribution in [1.29, 1.82) is 0 Å². The van der Waals surface area contributed by atoms with Crippen molar-refractivity contribution in [2.75, 3.05) is 39.4 Å². The summed E-state index contributed by atoms with van der Waals surface area (Å²) in [6, 6.07) is 11.8. The van der Waals surface area contributed by atoms with Gasteiger partial charge < -0.3 is 19.5 Å². The molecule has 0 aromatic heterocycles. The normalized spacial score (nSPS) is 24.0. The number of ketones is 1. The highest BCUT2D eigenvalue weighted by atomic mass is 35.5. The van der Waals surface area contributed by atoms with Crippen LogP contribution in [0.4, 0.5) is 0 Å². The SMILES string of the molecule is CC1Cc2cc(C(O)=C3C(=O)C(=O)N(CCCN4CCOCC4)C3c3cccc(Cl)c3)ccc2O1. The fourth-order valence-corrected chi connectivity index (χ4v) is 5.35. The highest BCUT2D eigenvalue weighted by molar-refractivity contribution is 6.46. The Morgan fingerprint density at radius 1 is 1.11 bits per heavy atom. The first-order chi connectivity index (χ1) is 16.9. The molecular weight excluding hydrogens is 468 g/mol. The minimum absolute atomic E-state index is 0.0610. The van der Waals surface area contributed by atoms with E-state index in [-0.39, 0.29) is 17.4 Å². The third-order valence-electron chi connectivity index (χ3n) is 6.85. The standard InChI is InChI=1S/C27H29ClN2O5/c1-17-14-20-15-19(6-7-22(20)35-17)25(31)23-24(18-4-2-5-21(28)16-18)30(27(33)26(23)32)9-3-8-29-10-12-34-13-11-29/h2,4-7,15-17,24,31H,3,8-14H2,1H3. The maximum atomic E-state index is 13.3. The Hall–Kier alpha value is -2.87. The van der Waals surface area contributed by atoms with Gasteiger partial charge in [-0.15, -0.1) is 0 Å². The maximum absolute atomic E-state index is 13.3. The summed E-state index contributed by atoms with van der Waals surface area (Å²) in [5.74, 6) is -0.670. The number of hydrogen-bond acceptors (Lipinski definition) is 6. The number of aliphatic hydroxyl groups is 1. The number of nitrogens with zero attached hydrogens (tertiary/aromatic N) is 2. The fourth-order valence-electron chi connectivity index (χ4n) is 5.15. The minimum atomic E-state index is -0.707. The van der Waals surface area contributed by atoms with E-state index < -0.39 is 17.7 Å². The number of likely N-dealkylation sites (tertiary alicyclic amines) is 1. The van der Waals surface area contributed by atoms with Crippen LogP contribution in [0, 0.1) is 0 Å². The molecule has 0 radical (unpaired) electrons. The number of aliphatic hydroxyl groups excluding tert-OH is 1. The van der Waals surface area contributed by atoms with E-state index in [1.165, 1.54) is 0 Å². The largest absolute Gasteiger partial charge is 0.507 e. The molecule has 2 saturated heterocycles. The summed E-state index contributed by atoms with van der Waals surface area (Å²) < 4.78 is 11.2. The summed E-state index contributed by atoms with van der Waals surface area (Å²) in [7, 11) is 0. The summed E-state index contributed by atoms with van der Waals surface area (Å²) in [4.78, 5) is 30.3. The molecule has 2 atom stereocenters. The number of halogens is 1. The molecule has 7 nitrogen and oxygen atoms in total. The van der Waals surface area contributed by atoms with Crippen LogP contribution in [0.3, 0.4) is 0 Å². The Balaban J connectivity index is 1.48. The fraction of sp³-hybridized carbons (Fsp3) is 0.407. The van der Waals surface area contributed by atoms with Crippen molar-refractivity contribution >= 4 is 29.1 Å². The lowest BCUT2D eigenvalue weighted by molar-refractivity contribution is -0.140. The number of fused-ring (bicyclic) bond motifs is 1. The van der Waals surface area contributed by atoms with E-state index in [1.54, 1.807) is 35.2 Å². The smallest absolute Gasteiger partial charge is 0.295 e. The van der Waals surface area contributed by atoms with Gasteiger partial charge in [0.1, 0.15) is 17.6 Å². The number of amides is 1. The number of benzene rings is 2. The molecule has 1 N–H and O–H groups in total. The molecule has 1 amide bonds. The van der Waals surface area contributed by atoms with Crippen LogP contribution in [0.15, 0.2) is 48.0 Å². The average molecular weight is 497 g/mol. The average Bonchev–Trinajstić information content (AvgIpc) is 3.35. The number of rotatable bonds is 6. The topological polar surface area (TPSA) is 79.3 Å². The lowest BCUT2D eigenvalue weighted by Gasteiger charge is -2.29. The third kappa shape index (κ3) is 4.81. The van der Waals surface area contributed by atoms with Crippen LogP contribution in [-0.4, -0.2) is 72.1 Å². The first-order valence-corrected chi connectivity index (χ1v) is 12.4. The van der Waals surface area contributed by atoms with Gasteiger partial charge in [0.15, 0.2) is 0 Å². The Morgan fingerprint density at radius 2 is 1.91 bits per heavy atom. The zero-order valence-electron chi connectivity index (χ0n) is 19.7. The Labute approximate surface area is 209 Å². The molecule has 0 bridgehead atoms. The van der Waals surface area contributed by atoms with Crippen molar-refractivity contribution in [3.05, 3.63) is 69.8 Å². The summed E-state index contributed by atoms with van der Waals surface area (Å²) in [6.07, 6.45) is 1.49. The first kappa shape index (κ1) is 23.9. The van der Waals surface area contributed by atoms with Crippen LogP contribution in [0.5, 0.6) is 5.75 Å². The second-order valence-electron chi connectivity index (χ2n) is 9.31. The monoisotopic (exact) mass is 496 g/mol. The van der Waals surface area contributed by atoms with E-state index in [4.69, 9.17) is 21.1 Å². The van der Waals surface area contributed by atoms with E-state index in [1.807, 2.05) is 19.1 Å². The minimum Gasteiger partial charge on any atom is -0.507 e. The van der Waals surface area contributed by atoms with Gasteiger partial charge in [-0.2, -0.15) is 0 Å². The molecule has 184 valence electrons. The van der Waals surface area contributed by atoms with Crippen molar-refractivity contribution in [1.82, 2.24) is 9.80 Å². The van der Waals surface area contributed by atoms with E-state index in [0.29, 0.717) is 42.3 Å². The van der Waals surface area contributed by atoms with Crippen LogP contribution in [-0.2, 0) is 20.7 Å². The van der Waals surface area contributed by atoms with Crippen molar-refractivity contribution in [2.24, 2.45) is 0 Å². The second-order valence-corrected chi connectivity index (χ2v) is 9.75. The summed E-state index contributed by atoms with van der Waals surface area (Å²) >= 11 is 6.27. The molecule has 3 aliphatic heterocycles. The first-order valence-electron chi connectivity index (χ1n) is 12.1. The van der Waals surface area contributed by atoms with E-state index in [0.717, 1.165) is 37.4 Å². The molecule has 2 unspecified atom stereocenters. The van der Waals surface area contributed by atoms with Crippen LogP contribution in [0.2, 0.25) is 5.02 Å². The maximum Gasteiger partial charge on any atom is 0.295 e. The van der Waals surface area contributed by atoms with Crippen molar-refractivity contribution < 1.29 is 24.2 Å². The molecule has 2 fully saturated rings.